The number of nitrogens with one attached hydrogen (secondary N) is 1. The standard InChI is InChI=1S/C15H17FN2O4S/c1-9-8-23-15(20)18(9)5-4-14(19)17-11-7-13(22-3)12(21-2)6-10(11)16/h6-8H,4-5H2,1-3H3,(H,17,19). The van der Waals surface area contributed by atoms with E-state index < -0.39 is 11.7 Å². The van der Waals surface area contributed by atoms with Crippen LogP contribution in [0, 0.1) is 12.7 Å². The van der Waals surface area contributed by atoms with Crippen molar-refractivity contribution < 1.29 is 18.7 Å². The highest BCUT2D eigenvalue weighted by Gasteiger charge is 2.14. The van der Waals surface area contributed by atoms with Crippen LogP contribution in [-0.2, 0) is 11.3 Å². The van der Waals surface area contributed by atoms with E-state index in [1.54, 1.807) is 12.3 Å². The fourth-order valence-electron chi connectivity index (χ4n) is 2.05. The van der Waals surface area contributed by atoms with Crippen molar-refractivity contribution in [3.63, 3.8) is 0 Å². The molecule has 0 saturated heterocycles. The molecule has 6 nitrogen and oxygen atoms in total. The molecule has 23 heavy (non-hydrogen) atoms. The van der Waals surface area contributed by atoms with Crippen molar-refractivity contribution >= 4 is 22.9 Å². The van der Waals surface area contributed by atoms with E-state index in [1.165, 1.54) is 24.9 Å². The van der Waals surface area contributed by atoms with Crippen LogP contribution in [-0.4, -0.2) is 24.7 Å². The first-order chi connectivity index (χ1) is 11.0. The van der Waals surface area contributed by atoms with Crippen LogP contribution in [0.2, 0.25) is 0 Å². The first-order valence-electron chi connectivity index (χ1n) is 6.82. The lowest BCUT2D eigenvalue weighted by Gasteiger charge is -2.12. The number of rotatable bonds is 6. The summed E-state index contributed by atoms with van der Waals surface area (Å²) in [4.78, 5) is 23.4. The molecule has 0 unspecified atom stereocenters. The maximum Gasteiger partial charge on any atom is 0.307 e. The topological polar surface area (TPSA) is 69.6 Å². The van der Waals surface area contributed by atoms with E-state index >= 15 is 0 Å². The minimum atomic E-state index is -0.625. The molecule has 0 aliphatic carbocycles. The SMILES string of the molecule is COc1cc(F)c(NC(=O)CCn2c(C)csc2=O)cc1OC. The third-order valence-corrected chi connectivity index (χ3v) is 4.17. The van der Waals surface area contributed by atoms with Gasteiger partial charge in [-0.05, 0) is 6.92 Å². The number of hydrogen-bond acceptors (Lipinski definition) is 5. The number of carbonyl (C=O) groups excluding carboxylic acids is 1. The summed E-state index contributed by atoms with van der Waals surface area (Å²) in [6, 6.07) is 2.50. The lowest BCUT2D eigenvalue weighted by atomic mass is 10.2. The number of carbonyl (C=O) groups is 1. The molecular weight excluding hydrogens is 323 g/mol. The molecule has 1 aromatic heterocycles. The van der Waals surface area contributed by atoms with Gasteiger partial charge in [0.25, 0.3) is 0 Å². The van der Waals surface area contributed by atoms with Crippen LogP contribution in [0.5, 0.6) is 11.5 Å². The van der Waals surface area contributed by atoms with Crippen LogP contribution in [0.15, 0.2) is 22.3 Å². The minimum Gasteiger partial charge on any atom is -0.493 e. The fraction of sp³-hybridized carbons (Fsp3) is 0.333. The second-order valence-corrected chi connectivity index (χ2v) is 5.60. The van der Waals surface area contributed by atoms with Gasteiger partial charge in [0.1, 0.15) is 0 Å². The number of anilines is 1. The summed E-state index contributed by atoms with van der Waals surface area (Å²) in [5.74, 6) is -0.467. The molecule has 0 aliphatic rings. The Labute approximate surface area is 136 Å². The number of amides is 1. The normalized spacial score (nSPS) is 10.4. The van der Waals surface area contributed by atoms with Crippen molar-refractivity contribution in [2.75, 3.05) is 19.5 Å². The average Bonchev–Trinajstić information content (AvgIpc) is 2.85. The van der Waals surface area contributed by atoms with Crippen LogP contribution in [0.1, 0.15) is 12.1 Å². The zero-order valence-electron chi connectivity index (χ0n) is 13.0. The van der Waals surface area contributed by atoms with Crippen molar-refractivity contribution in [2.24, 2.45) is 0 Å². The first-order valence-corrected chi connectivity index (χ1v) is 7.70. The Bertz CT molecular complexity index is 769. The van der Waals surface area contributed by atoms with E-state index in [-0.39, 0.29) is 29.3 Å². The lowest BCUT2D eigenvalue weighted by Crippen LogP contribution is -2.20. The summed E-state index contributed by atoms with van der Waals surface area (Å²) >= 11 is 1.08. The Hall–Kier alpha value is -2.35. The Morgan fingerprint density at radius 2 is 1.96 bits per heavy atom. The van der Waals surface area contributed by atoms with Gasteiger partial charge in [0, 0.05) is 36.2 Å². The highest BCUT2D eigenvalue weighted by atomic mass is 32.1. The van der Waals surface area contributed by atoms with Crippen LogP contribution >= 0.6 is 11.3 Å². The number of benzene rings is 1. The largest absolute Gasteiger partial charge is 0.493 e. The van der Waals surface area contributed by atoms with Crippen molar-refractivity contribution in [2.45, 2.75) is 19.9 Å². The third-order valence-electron chi connectivity index (χ3n) is 3.29. The minimum absolute atomic E-state index is 0.00189. The summed E-state index contributed by atoms with van der Waals surface area (Å²) < 4.78 is 25.5. The molecule has 0 fully saturated rings. The molecule has 8 heteroatoms. The maximum atomic E-state index is 14.0. The first kappa shape index (κ1) is 17.0. The van der Waals surface area contributed by atoms with E-state index in [0.29, 0.717) is 5.75 Å². The van der Waals surface area contributed by atoms with E-state index in [4.69, 9.17) is 9.47 Å². The molecule has 1 N–H and O–H groups in total. The van der Waals surface area contributed by atoms with Gasteiger partial charge in [-0.2, -0.15) is 0 Å². The van der Waals surface area contributed by atoms with Gasteiger partial charge in [-0.15, -0.1) is 0 Å². The van der Waals surface area contributed by atoms with Gasteiger partial charge in [0.2, 0.25) is 5.91 Å². The van der Waals surface area contributed by atoms with Crippen LogP contribution in [0.4, 0.5) is 10.1 Å². The Morgan fingerprint density at radius 3 is 2.52 bits per heavy atom. The number of hydrogen-bond donors (Lipinski definition) is 1. The number of aromatic nitrogens is 1. The zero-order chi connectivity index (χ0) is 17.0. The van der Waals surface area contributed by atoms with E-state index in [9.17, 15) is 14.0 Å². The van der Waals surface area contributed by atoms with Gasteiger partial charge in [0.15, 0.2) is 17.3 Å². The predicted octanol–water partition coefficient (Wildman–Crippen LogP) is 2.40. The molecule has 1 amide bonds. The molecule has 0 atom stereocenters. The number of nitrogens with zero attached hydrogens (tertiary/aromatic N) is 1. The summed E-state index contributed by atoms with van der Waals surface area (Å²) in [5.41, 5.74) is 0.798. The quantitative estimate of drug-likeness (QED) is 0.877. The number of methoxy groups -OCH3 is 2. The number of thiazole rings is 1. The highest BCUT2D eigenvalue weighted by Crippen LogP contribution is 2.32. The molecule has 124 valence electrons. The van der Waals surface area contributed by atoms with E-state index in [2.05, 4.69) is 5.32 Å². The van der Waals surface area contributed by atoms with Crippen molar-refractivity contribution in [1.82, 2.24) is 4.57 Å². The smallest absolute Gasteiger partial charge is 0.307 e. The van der Waals surface area contributed by atoms with Gasteiger partial charge in [-0.3, -0.25) is 9.59 Å². The maximum absolute atomic E-state index is 14.0. The van der Waals surface area contributed by atoms with Crippen molar-refractivity contribution in [3.8, 4) is 11.5 Å². The summed E-state index contributed by atoms with van der Waals surface area (Å²) in [5, 5.41) is 4.21. The number of aryl methyl sites for hydroxylation is 1. The second kappa shape index (κ2) is 7.28. The van der Waals surface area contributed by atoms with Gasteiger partial charge in [-0.25, -0.2) is 4.39 Å². The molecular formula is C15H17FN2O4S. The molecule has 0 aliphatic heterocycles. The lowest BCUT2D eigenvalue weighted by molar-refractivity contribution is -0.116. The van der Waals surface area contributed by atoms with Crippen LogP contribution in [0.25, 0.3) is 0 Å². The van der Waals surface area contributed by atoms with Crippen LogP contribution in [0.3, 0.4) is 0 Å². The Balaban J connectivity index is 2.07. The Morgan fingerprint density at radius 1 is 1.30 bits per heavy atom. The van der Waals surface area contributed by atoms with Crippen LogP contribution < -0.4 is 19.7 Å². The molecule has 0 saturated carbocycles. The summed E-state index contributed by atoms with van der Waals surface area (Å²) in [7, 11) is 2.82. The fourth-order valence-corrected chi connectivity index (χ4v) is 2.81. The second-order valence-electron chi connectivity index (χ2n) is 4.78. The van der Waals surface area contributed by atoms with Gasteiger partial charge in [0.05, 0.1) is 19.9 Å². The van der Waals surface area contributed by atoms with Crippen molar-refractivity contribution in [3.05, 3.63) is 38.7 Å². The predicted molar refractivity (Wildman–Crippen MR) is 86.1 cm³/mol. The zero-order valence-corrected chi connectivity index (χ0v) is 13.8. The van der Waals surface area contributed by atoms with E-state index in [0.717, 1.165) is 23.1 Å². The van der Waals surface area contributed by atoms with Gasteiger partial charge >= 0.3 is 4.87 Å². The Kier molecular flexibility index (Phi) is 5.38. The molecule has 2 rings (SSSR count). The summed E-state index contributed by atoms with van der Waals surface area (Å²) in [6.45, 7) is 2.04. The third kappa shape index (κ3) is 3.89. The van der Waals surface area contributed by atoms with Gasteiger partial charge < -0.3 is 19.4 Å². The summed E-state index contributed by atoms with van der Waals surface area (Å²) in [6.07, 6.45) is 0.0608. The molecule has 1 aromatic carbocycles. The molecule has 0 radical (unpaired) electrons. The van der Waals surface area contributed by atoms with Gasteiger partial charge in [-0.1, -0.05) is 11.3 Å². The molecule has 1 heterocycles. The monoisotopic (exact) mass is 340 g/mol. The number of ether oxygens (including phenoxy) is 2. The number of halogens is 1. The molecule has 0 spiro atoms. The highest BCUT2D eigenvalue weighted by molar-refractivity contribution is 7.07. The molecule has 2 aromatic rings. The average molecular weight is 340 g/mol. The van der Waals surface area contributed by atoms with Crippen molar-refractivity contribution in [1.29, 1.82) is 0 Å². The van der Waals surface area contributed by atoms with E-state index in [1.807, 2.05) is 0 Å². The molecule has 0 bridgehead atoms.